The first-order valence-electron chi connectivity index (χ1n) is 18.4. The molecular weight excluding hydrogens is 659 g/mol. The number of hydrogen-bond donors (Lipinski definition) is 0. The van der Waals surface area contributed by atoms with Crippen molar-refractivity contribution in [3.63, 3.8) is 0 Å². The van der Waals surface area contributed by atoms with E-state index in [-0.39, 0.29) is 6.85 Å². The Kier molecular flexibility index (Phi) is 6.04. The first-order chi connectivity index (χ1) is 26.3. The quantitative estimate of drug-likeness (QED) is 0.170. The van der Waals surface area contributed by atoms with Crippen LogP contribution in [-0.4, -0.2) is 6.85 Å². The van der Waals surface area contributed by atoms with Crippen molar-refractivity contribution in [1.82, 2.24) is 0 Å². The predicted molar refractivity (Wildman–Crippen MR) is 222 cm³/mol. The second-order valence-corrected chi connectivity index (χ2v) is 15.5. The maximum Gasteiger partial charge on any atom is 0.333 e. The Labute approximate surface area is 314 Å². The summed E-state index contributed by atoms with van der Waals surface area (Å²) in [5.41, 5.74) is 18.7. The van der Waals surface area contributed by atoms with Gasteiger partial charge in [-0.05, 0) is 86.3 Å². The summed E-state index contributed by atoms with van der Waals surface area (Å²) >= 11 is 1.89. The van der Waals surface area contributed by atoms with Crippen LogP contribution >= 0.6 is 11.8 Å². The van der Waals surface area contributed by atoms with Crippen LogP contribution in [0.15, 0.2) is 198 Å². The summed E-state index contributed by atoms with van der Waals surface area (Å²) in [5.74, 6) is 0. The van der Waals surface area contributed by atoms with Gasteiger partial charge in [-0.2, -0.15) is 0 Å². The van der Waals surface area contributed by atoms with Crippen molar-refractivity contribution in [2.24, 2.45) is 0 Å². The molecule has 0 fully saturated rings. The summed E-state index contributed by atoms with van der Waals surface area (Å²) in [6, 6.07) is 70.3. The first-order valence-corrected chi connectivity index (χ1v) is 19.2. The van der Waals surface area contributed by atoms with Crippen molar-refractivity contribution < 1.29 is 0 Å². The molecule has 0 saturated carbocycles. The zero-order valence-electron chi connectivity index (χ0n) is 28.8. The van der Waals surface area contributed by atoms with Gasteiger partial charge in [-0.3, -0.25) is 0 Å². The van der Waals surface area contributed by atoms with Gasteiger partial charge in [0.1, 0.15) is 0 Å². The molecule has 4 aliphatic rings. The van der Waals surface area contributed by atoms with E-state index < -0.39 is 5.41 Å². The molecule has 0 amide bonds. The van der Waals surface area contributed by atoms with Crippen LogP contribution in [0.1, 0.15) is 22.3 Å². The Morgan fingerprint density at radius 2 is 1.06 bits per heavy atom. The topological polar surface area (TPSA) is 6.48 Å². The van der Waals surface area contributed by atoms with Gasteiger partial charge < -0.3 is 9.71 Å². The van der Waals surface area contributed by atoms with Crippen LogP contribution in [0.4, 0.5) is 28.4 Å². The largest absolute Gasteiger partial charge is 0.374 e. The zero-order valence-corrected chi connectivity index (χ0v) is 29.6. The van der Waals surface area contributed by atoms with Crippen LogP contribution in [0.3, 0.4) is 0 Å². The van der Waals surface area contributed by atoms with Crippen LogP contribution in [-0.2, 0) is 5.41 Å². The Hall–Kier alpha value is -6.23. The van der Waals surface area contributed by atoms with E-state index in [4.69, 9.17) is 0 Å². The third-order valence-electron chi connectivity index (χ3n) is 11.9. The van der Waals surface area contributed by atoms with Crippen LogP contribution in [0, 0.1) is 0 Å². The molecule has 4 heterocycles. The molecule has 0 spiro atoms. The van der Waals surface area contributed by atoms with Crippen molar-refractivity contribution in [1.29, 1.82) is 0 Å². The van der Waals surface area contributed by atoms with E-state index >= 15 is 0 Å². The third kappa shape index (κ3) is 3.81. The van der Waals surface area contributed by atoms with Gasteiger partial charge in [0.25, 0.3) is 0 Å². The molecule has 0 aromatic heterocycles. The van der Waals surface area contributed by atoms with E-state index in [0.29, 0.717) is 0 Å². The van der Waals surface area contributed by atoms with Crippen molar-refractivity contribution in [2.45, 2.75) is 15.2 Å². The highest BCUT2D eigenvalue weighted by atomic mass is 32.2. The summed E-state index contributed by atoms with van der Waals surface area (Å²) < 4.78 is 0. The number of hydrogen-bond acceptors (Lipinski definition) is 3. The number of benzene rings is 8. The molecule has 0 bridgehead atoms. The van der Waals surface area contributed by atoms with Gasteiger partial charge in [-0.25, -0.2) is 0 Å². The summed E-state index contributed by atoms with van der Waals surface area (Å²) in [6.07, 6.45) is 0. The first kappa shape index (κ1) is 29.4. The van der Waals surface area contributed by atoms with Crippen LogP contribution in [0.25, 0.3) is 22.3 Å². The molecule has 53 heavy (non-hydrogen) atoms. The van der Waals surface area contributed by atoms with E-state index in [1.54, 1.807) is 0 Å². The van der Waals surface area contributed by atoms with Crippen molar-refractivity contribution in [3.05, 3.63) is 210 Å². The molecule has 12 rings (SSSR count). The fourth-order valence-corrected chi connectivity index (χ4v) is 11.0. The fraction of sp³-hybridized carbons (Fsp3) is 0.0204. The molecule has 8 aromatic rings. The Morgan fingerprint density at radius 3 is 1.83 bits per heavy atom. The molecule has 0 atom stereocenters. The second kappa shape index (κ2) is 10.9. The molecule has 0 radical (unpaired) electrons. The number of anilines is 5. The Bertz CT molecular complexity index is 2740. The van der Waals surface area contributed by atoms with Gasteiger partial charge in [-0.1, -0.05) is 163 Å². The summed E-state index contributed by atoms with van der Waals surface area (Å²) in [5, 5.41) is 0. The third-order valence-corrected chi connectivity index (χ3v) is 13.0. The lowest BCUT2D eigenvalue weighted by atomic mass is 9.42. The minimum atomic E-state index is -0.536. The molecule has 0 aliphatic carbocycles. The fourth-order valence-electron chi connectivity index (χ4n) is 9.87. The lowest BCUT2D eigenvalue weighted by Gasteiger charge is -2.53. The van der Waals surface area contributed by atoms with Crippen LogP contribution in [0.5, 0.6) is 0 Å². The minimum absolute atomic E-state index is 0.0266. The number of rotatable bonds is 3. The number of para-hydroxylation sites is 4. The molecule has 246 valence electrons. The molecular formula is C49H31BN2S. The second-order valence-electron chi connectivity index (χ2n) is 14.4. The predicted octanol–water partition coefficient (Wildman–Crippen LogP) is 11.2. The molecule has 4 heteroatoms. The van der Waals surface area contributed by atoms with E-state index in [1.807, 2.05) is 11.8 Å². The summed E-state index contributed by atoms with van der Waals surface area (Å²) in [4.78, 5) is 7.89. The number of fused-ring (bicyclic) bond motifs is 8. The van der Waals surface area contributed by atoms with Gasteiger partial charge in [0.15, 0.2) is 0 Å². The maximum absolute atomic E-state index is 2.67. The maximum atomic E-state index is 2.67. The van der Waals surface area contributed by atoms with Crippen molar-refractivity contribution >= 4 is 58.0 Å². The minimum Gasteiger partial charge on any atom is -0.374 e. The van der Waals surface area contributed by atoms with Crippen LogP contribution in [0.2, 0.25) is 0 Å². The lowest BCUT2D eigenvalue weighted by molar-refractivity contribution is 0.732. The molecule has 4 aliphatic heterocycles. The highest BCUT2D eigenvalue weighted by molar-refractivity contribution is 7.99. The lowest BCUT2D eigenvalue weighted by Crippen LogP contribution is -2.63. The van der Waals surface area contributed by atoms with Gasteiger partial charge in [0.2, 0.25) is 0 Å². The van der Waals surface area contributed by atoms with E-state index in [9.17, 15) is 0 Å². The highest BCUT2D eigenvalue weighted by Crippen LogP contribution is 2.61. The average Bonchev–Trinajstić information content (AvgIpc) is 3.23. The average molecular weight is 691 g/mol. The van der Waals surface area contributed by atoms with Crippen molar-refractivity contribution in [3.8, 4) is 22.3 Å². The zero-order chi connectivity index (χ0) is 34.7. The molecule has 0 saturated heterocycles. The van der Waals surface area contributed by atoms with E-state index in [1.165, 1.54) is 93.7 Å². The monoisotopic (exact) mass is 690 g/mol. The highest BCUT2D eigenvalue weighted by Gasteiger charge is 2.53. The molecule has 0 unspecified atom stereocenters. The normalized spacial score (nSPS) is 14.8. The number of nitrogens with zero attached hydrogens (tertiary/aromatic N) is 2. The molecule has 2 nitrogen and oxygen atoms in total. The van der Waals surface area contributed by atoms with E-state index in [2.05, 4.69) is 198 Å². The van der Waals surface area contributed by atoms with Gasteiger partial charge in [0.05, 0.1) is 16.8 Å². The summed E-state index contributed by atoms with van der Waals surface area (Å²) in [7, 11) is 0. The van der Waals surface area contributed by atoms with E-state index in [0.717, 1.165) is 0 Å². The van der Waals surface area contributed by atoms with Crippen LogP contribution < -0.4 is 20.6 Å². The van der Waals surface area contributed by atoms with Gasteiger partial charge in [0, 0.05) is 32.4 Å². The Morgan fingerprint density at radius 1 is 0.434 bits per heavy atom. The Balaban J connectivity index is 1.27. The summed E-state index contributed by atoms with van der Waals surface area (Å²) in [6.45, 7) is -0.0266. The standard InChI is InChI=1S/C49H31BN2S/c1-4-16-32(17-5-1)33-30-37-36-22-14-29-45-47(36)52(42-27-12-13-28-44(42)53-45)50-40-25-15-24-39-48(40)51(43(31-33)46(37)50)41-26-11-10-23-38(41)49(39,34-18-6-2-7-19-34)35-20-8-3-9-21-35/h1-31H. The molecule has 0 N–H and O–H groups in total. The molecule has 8 aromatic carbocycles. The van der Waals surface area contributed by atoms with Crippen molar-refractivity contribution in [2.75, 3.05) is 9.71 Å². The SMILES string of the molecule is c1ccc(-c2cc3c4c(c2)N2c5ccccc5C(c5ccccc5)(c5ccccc5)c5cccc(c52)B4N2c4ccccc4Sc4cccc-3c42)cc1. The van der Waals surface area contributed by atoms with Gasteiger partial charge in [-0.15, -0.1) is 0 Å². The van der Waals surface area contributed by atoms with Gasteiger partial charge >= 0.3 is 6.85 Å². The smallest absolute Gasteiger partial charge is 0.333 e.